The predicted octanol–water partition coefficient (Wildman–Crippen LogP) is 10.0. The maximum absolute atomic E-state index is 13.9. The number of fused-ring (bicyclic) bond motifs is 1. The molecule has 0 aliphatic rings. The smallest absolute Gasteiger partial charge is 0.299 e. The molecule has 192 valence electrons. The third-order valence-electron chi connectivity index (χ3n) is 5.53. The van der Waals surface area contributed by atoms with Gasteiger partial charge in [0.15, 0.2) is 0 Å². The van der Waals surface area contributed by atoms with Gasteiger partial charge >= 0.3 is 12.4 Å². The summed E-state index contributed by atoms with van der Waals surface area (Å²) in [6.45, 7) is 0. The molecule has 1 unspecified atom stereocenters. The van der Waals surface area contributed by atoms with Crippen molar-refractivity contribution >= 4 is 57.4 Å². The molecule has 3 aromatic carbocycles. The fourth-order valence-corrected chi connectivity index (χ4v) is 4.51. The van der Waals surface area contributed by atoms with Crippen LogP contribution in [0.15, 0.2) is 54.6 Å². The maximum Gasteiger partial charge on any atom is 0.399 e. The first-order valence-electron chi connectivity index (χ1n) is 10.7. The summed E-state index contributed by atoms with van der Waals surface area (Å²) < 4.78 is 78.8. The predicted molar refractivity (Wildman–Crippen MR) is 132 cm³/mol. The molecule has 1 nitrogen and oxygen atoms in total. The minimum atomic E-state index is -4.63. The number of carbonyl (C=O) groups is 1. The van der Waals surface area contributed by atoms with Gasteiger partial charge in [-0.3, -0.25) is 4.79 Å². The van der Waals surface area contributed by atoms with Gasteiger partial charge < -0.3 is 0 Å². The van der Waals surface area contributed by atoms with Crippen molar-refractivity contribution in [3.63, 3.8) is 0 Å². The number of benzene rings is 3. The Hall–Kier alpha value is -2.22. The van der Waals surface area contributed by atoms with Crippen LogP contribution in [0.3, 0.4) is 0 Å². The number of carbonyl (C=O) groups excluding carboxylic acids is 1. The van der Waals surface area contributed by atoms with E-state index in [0.717, 1.165) is 29.2 Å². The minimum Gasteiger partial charge on any atom is -0.299 e. The summed E-state index contributed by atoms with van der Waals surface area (Å²) in [5, 5.41) is 1.19. The molecule has 3 aromatic rings. The van der Waals surface area contributed by atoms with Crippen LogP contribution >= 0.6 is 34.8 Å². The van der Waals surface area contributed by atoms with Crippen molar-refractivity contribution < 1.29 is 31.1 Å². The Labute approximate surface area is 218 Å². The quantitative estimate of drug-likeness (QED) is 0.196. The molecule has 0 radical (unpaired) electrons. The Morgan fingerprint density at radius 3 is 2.08 bits per heavy atom. The van der Waals surface area contributed by atoms with Crippen LogP contribution in [-0.2, 0) is 11.2 Å². The zero-order valence-corrected chi connectivity index (χ0v) is 20.8. The first-order valence-corrected chi connectivity index (χ1v) is 11.9. The Morgan fingerprint density at radius 2 is 1.50 bits per heavy atom. The summed E-state index contributed by atoms with van der Waals surface area (Å²) in [5.74, 6) is -2.88. The normalized spacial score (nSPS) is 13.5. The second-order valence-corrected chi connectivity index (χ2v) is 9.41. The summed E-state index contributed by atoms with van der Waals surface area (Å²) in [4.78, 5) is 11.5. The highest BCUT2D eigenvalue weighted by molar-refractivity contribution is 6.48. The lowest BCUT2D eigenvalue weighted by molar-refractivity contribution is -0.152. The molecule has 0 aromatic heterocycles. The van der Waals surface area contributed by atoms with Crippen molar-refractivity contribution in [3.05, 3.63) is 86.4 Å². The van der Waals surface area contributed by atoms with Gasteiger partial charge in [0.2, 0.25) is 0 Å². The van der Waals surface area contributed by atoms with Gasteiger partial charge in [-0.1, -0.05) is 83.4 Å². The number of hydrogen-bond donors (Lipinski definition) is 0. The zero-order valence-electron chi connectivity index (χ0n) is 18.5. The molecule has 0 bridgehead atoms. The highest BCUT2D eigenvalue weighted by atomic mass is 35.5. The number of rotatable bonds is 8. The van der Waals surface area contributed by atoms with E-state index in [1.807, 2.05) is 0 Å². The first-order chi connectivity index (χ1) is 16.8. The third-order valence-corrected chi connectivity index (χ3v) is 6.73. The molecule has 3 rings (SSSR count). The topological polar surface area (TPSA) is 17.1 Å². The van der Waals surface area contributed by atoms with Crippen molar-refractivity contribution in [2.24, 2.45) is 0 Å². The molecule has 0 aliphatic heterocycles. The number of halogens is 9. The number of hydrogen-bond acceptors (Lipinski definition) is 1. The second-order valence-electron chi connectivity index (χ2n) is 8.22. The molecular formula is C26H19Cl3F6O. The fourth-order valence-electron chi connectivity index (χ4n) is 3.90. The van der Waals surface area contributed by atoms with Crippen LogP contribution < -0.4 is 0 Å². The highest BCUT2D eigenvalue weighted by Gasteiger charge is 2.39. The van der Waals surface area contributed by atoms with Crippen LogP contribution in [0.1, 0.15) is 41.9 Å². The van der Waals surface area contributed by atoms with E-state index in [-0.39, 0.29) is 33.5 Å². The average molecular weight is 568 g/mol. The molecule has 0 saturated carbocycles. The van der Waals surface area contributed by atoms with E-state index in [4.69, 9.17) is 34.8 Å². The standard InChI is InChI=1S/C26H19Cl3F6O/c27-22-12-17(13-23(28)24(22)29)21(26(33,34)35)11-10-16-9-8-15(19-6-1-2-7-20(16)19)4-3-5-18(36)14-25(30,31)32/h1-2,6-13,21H,3-5,14H2/b11-10+. The largest absolute Gasteiger partial charge is 0.399 e. The van der Waals surface area contributed by atoms with E-state index in [2.05, 4.69) is 0 Å². The van der Waals surface area contributed by atoms with Crippen LogP contribution in [0.25, 0.3) is 16.8 Å². The molecular weight excluding hydrogens is 549 g/mol. The van der Waals surface area contributed by atoms with Gasteiger partial charge in [0.25, 0.3) is 0 Å². The van der Waals surface area contributed by atoms with Crippen LogP contribution in [-0.4, -0.2) is 18.1 Å². The van der Waals surface area contributed by atoms with E-state index in [1.165, 1.54) is 6.08 Å². The summed E-state index contributed by atoms with van der Waals surface area (Å²) in [7, 11) is 0. The summed E-state index contributed by atoms with van der Waals surface area (Å²) in [5.41, 5.74) is 1.14. The molecule has 0 spiro atoms. The third kappa shape index (κ3) is 7.40. The van der Waals surface area contributed by atoms with Crippen molar-refractivity contribution in [1.82, 2.24) is 0 Å². The molecule has 0 amide bonds. The van der Waals surface area contributed by atoms with Crippen LogP contribution in [0.2, 0.25) is 15.1 Å². The van der Waals surface area contributed by atoms with E-state index < -0.39 is 30.5 Å². The van der Waals surface area contributed by atoms with Crippen molar-refractivity contribution in [3.8, 4) is 0 Å². The SMILES string of the molecule is O=C(CCCc1ccc(/C=C/C(c2cc(Cl)c(Cl)c(Cl)c2)C(F)(F)F)c2ccccc12)CC(F)(F)F. The zero-order chi connectivity index (χ0) is 26.7. The monoisotopic (exact) mass is 566 g/mol. The Morgan fingerprint density at radius 1 is 0.889 bits per heavy atom. The molecule has 1 atom stereocenters. The Kier molecular flexibility index (Phi) is 9.02. The maximum atomic E-state index is 13.9. The second kappa shape index (κ2) is 11.4. The number of alkyl halides is 6. The highest BCUT2D eigenvalue weighted by Crippen LogP contribution is 2.41. The van der Waals surface area contributed by atoms with Gasteiger partial charge in [-0.05, 0) is 52.4 Å². The van der Waals surface area contributed by atoms with Gasteiger partial charge in [0.1, 0.15) is 12.2 Å². The van der Waals surface area contributed by atoms with Crippen LogP contribution in [0.4, 0.5) is 26.3 Å². The number of allylic oxidation sites excluding steroid dienone is 1. The van der Waals surface area contributed by atoms with Gasteiger partial charge in [-0.2, -0.15) is 26.3 Å². The van der Waals surface area contributed by atoms with E-state index in [1.54, 1.807) is 36.4 Å². The van der Waals surface area contributed by atoms with Crippen LogP contribution in [0.5, 0.6) is 0 Å². The number of Topliss-reactive ketones (excluding diaryl/α,β-unsaturated/α-hetero) is 1. The summed E-state index contributed by atoms with van der Waals surface area (Å²) >= 11 is 17.7. The molecule has 0 heterocycles. The Bertz CT molecular complexity index is 1260. The number of ketones is 1. The molecule has 36 heavy (non-hydrogen) atoms. The lowest BCUT2D eigenvalue weighted by atomic mass is 9.93. The van der Waals surface area contributed by atoms with E-state index in [0.29, 0.717) is 17.4 Å². The van der Waals surface area contributed by atoms with Gasteiger partial charge in [0, 0.05) is 6.42 Å². The Balaban J connectivity index is 1.88. The van der Waals surface area contributed by atoms with E-state index >= 15 is 0 Å². The summed E-state index contributed by atoms with van der Waals surface area (Å²) in [6.07, 6.45) is -7.90. The molecule has 10 heteroatoms. The molecule has 0 aliphatic carbocycles. The lowest BCUT2D eigenvalue weighted by Crippen LogP contribution is -2.19. The van der Waals surface area contributed by atoms with Crippen LogP contribution in [0, 0.1) is 0 Å². The van der Waals surface area contributed by atoms with Gasteiger partial charge in [0.05, 0.1) is 21.0 Å². The van der Waals surface area contributed by atoms with Gasteiger partial charge in [-0.25, -0.2) is 0 Å². The van der Waals surface area contributed by atoms with E-state index in [9.17, 15) is 31.1 Å². The molecule has 0 N–H and O–H groups in total. The lowest BCUT2D eigenvalue weighted by Gasteiger charge is -2.18. The average Bonchev–Trinajstić information content (AvgIpc) is 2.76. The van der Waals surface area contributed by atoms with Crippen molar-refractivity contribution in [2.75, 3.05) is 0 Å². The van der Waals surface area contributed by atoms with Crippen molar-refractivity contribution in [1.29, 1.82) is 0 Å². The molecule has 0 fully saturated rings. The number of aryl methyl sites for hydroxylation is 1. The van der Waals surface area contributed by atoms with Gasteiger partial charge in [-0.15, -0.1) is 0 Å². The fraction of sp³-hybridized carbons (Fsp3) is 0.269. The summed E-state index contributed by atoms with van der Waals surface area (Å²) in [6, 6.07) is 12.6. The first kappa shape index (κ1) is 28.4. The molecule has 0 saturated heterocycles. The van der Waals surface area contributed by atoms with Crippen molar-refractivity contribution in [2.45, 2.75) is 44.0 Å². The minimum absolute atomic E-state index is 0.0336.